The average Bonchev–Trinajstić information content (AvgIpc) is 3.17. The third-order valence-electron chi connectivity index (χ3n) is 4.08. The Labute approximate surface area is 178 Å². The average molecular weight is 429 g/mol. The molecule has 2 aromatic carbocycles. The molecule has 3 rings (SSSR count). The number of hydrogen-bond acceptors (Lipinski definition) is 4. The summed E-state index contributed by atoms with van der Waals surface area (Å²) in [7, 11) is 0. The highest BCUT2D eigenvalue weighted by Gasteiger charge is 2.11. The Morgan fingerprint density at radius 2 is 1.90 bits per heavy atom. The van der Waals surface area contributed by atoms with Crippen LogP contribution in [0.1, 0.15) is 26.6 Å². The molecule has 0 atom stereocenters. The van der Waals surface area contributed by atoms with Gasteiger partial charge >= 0.3 is 6.03 Å². The zero-order valence-electron chi connectivity index (χ0n) is 15.9. The minimum Gasteiger partial charge on any atom is -0.350 e. The summed E-state index contributed by atoms with van der Waals surface area (Å²) in [6.45, 7) is 2.72. The van der Waals surface area contributed by atoms with Gasteiger partial charge in [-0.15, -0.1) is 11.3 Å². The van der Waals surface area contributed by atoms with Gasteiger partial charge in [-0.1, -0.05) is 41.4 Å². The number of aromatic nitrogens is 1. The van der Waals surface area contributed by atoms with E-state index in [-0.39, 0.29) is 18.5 Å². The van der Waals surface area contributed by atoms with Crippen molar-refractivity contribution in [3.63, 3.8) is 0 Å². The molecular weight excluding hydrogens is 408 g/mol. The molecule has 0 aliphatic carbocycles. The van der Waals surface area contributed by atoms with Crippen LogP contribution in [-0.4, -0.2) is 23.5 Å². The van der Waals surface area contributed by atoms with Crippen molar-refractivity contribution in [2.24, 2.45) is 0 Å². The van der Waals surface area contributed by atoms with Gasteiger partial charge in [0.25, 0.3) is 5.91 Å². The number of aryl methyl sites for hydroxylation is 1. The van der Waals surface area contributed by atoms with E-state index in [0.717, 1.165) is 11.1 Å². The third-order valence-corrected chi connectivity index (χ3v) is 5.17. The zero-order chi connectivity index (χ0) is 20.6. The molecule has 29 heavy (non-hydrogen) atoms. The quantitative estimate of drug-likeness (QED) is 0.521. The normalized spacial score (nSPS) is 10.4. The van der Waals surface area contributed by atoms with E-state index in [1.807, 2.05) is 55.5 Å². The fourth-order valence-electron chi connectivity index (χ4n) is 2.57. The van der Waals surface area contributed by atoms with Crippen molar-refractivity contribution in [1.82, 2.24) is 15.6 Å². The van der Waals surface area contributed by atoms with E-state index in [2.05, 4.69) is 20.9 Å². The largest absolute Gasteiger partial charge is 0.350 e. The van der Waals surface area contributed by atoms with Gasteiger partial charge in [-0.25, -0.2) is 9.78 Å². The Morgan fingerprint density at radius 3 is 2.66 bits per heavy atom. The van der Waals surface area contributed by atoms with E-state index < -0.39 is 0 Å². The number of carbonyl (C=O) groups excluding carboxylic acids is 2. The van der Waals surface area contributed by atoms with E-state index in [1.165, 1.54) is 11.3 Å². The summed E-state index contributed by atoms with van der Waals surface area (Å²) in [5.74, 6) is -0.237. The van der Waals surface area contributed by atoms with Gasteiger partial charge in [0.2, 0.25) is 0 Å². The molecule has 0 fully saturated rings. The summed E-state index contributed by atoms with van der Waals surface area (Å²) in [6.07, 6.45) is 0.685. The van der Waals surface area contributed by atoms with E-state index in [9.17, 15) is 9.59 Å². The zero-order valence-corrected chi connectivity index (χ0v) is 17.4. The Morgan fingerprint density at radius 1 is 1.10 bits per heavy atom. The lowest BCUT2D eigenvalue weighted by Gasteiger charge is -2.06. The van der Waals surface area contributed by atoms with Crippen molar-refractivity contribution in [1.29, 1.82) is 0 Å². The summed E-state index contributed by atoms with van der Waals surface area (Å²) in [5.41, 5.74) is 3.24. The number of halogens is 1. The van der Waals surface area contributed by atoms with Crippen molar-refractivity contribution in [3.8, 4) is 0 Å². The second kappa shape index (κ2) is 10.0. The molecule has 8 heteroatoms. The first kappa shape index (κ1) is 20.8. The van der Waals surface area contributed by atoms with Crippen LogP contribution in [0.25, 0.3) is 0 Å². The van der Waals surface area contributed by atoms with E-state index >= 15 is 0 Å². The van der Waals surface area contributed by atoms with Crippen molar-refractivity contribution in [3.05, 3.63) is 80.8 Å². The second-order valence-electron chi connectivity index (χ2n) is 6.44. The molecule has 3 aromatic rings. The van der Waals surface area contributed by atoms with Gasteiger partial charge < -0.3 is 16.0 Å². The Bertz CT molecular complexity index is 988. The first-order chi connectivity index (χ1) is 14.0. The SMILES string of the molecule is Cc1ccc(NC(=O)NCc2nc(C(=O)NCCc3cccc(Cl)c3)cs2)cc1. The van der Waals surface area contributed by atoms with Gasteiger partial charge in [0.05, 0.1) is 6.54 Å². The number of rotatable bonds is 7. The molecule has 3 N–H and O–H groups in total. The summed E-state index contributed by atoms with van der Waals surface area (Å²) in [4.78, 5) is 28.5. The van der Waals surface area contributed by atoms with Crippen LogP contribution in [0.2, 0.25) is 5.02 Å². The number of hydrogen-bond donors (Lipinski definition) is 3. The van der Waals surface area contributed by atoms with Gasteiger partial charge in [0.15, 0.2) is 0 Å². The van der Waals surface area contributed by atoms with E-state index in [1.54, 1.807) is 5.38 Å². The minimum atomic E-state index is -0.323. The van der Waals surface area contributed by atoms with Crippen LogP contribution in [0, 0.1) is 6.92 Å². The Kier molecular flexibility index (Phi) is 7.21. The van der Waals surface area contributed by atoms with Crippen LogP contribution < -0.4 is 16.0 Å². The number of anilines is 1. The van der Waals surface area contributed by atoms with Gasteiger partial charge in [-0.3, -0.25) is 4.79 Å². The molecule has 6 nitrogen and oxygen atoms in total. The molecule has 0 radical (unpaired) electrons. The summed E-state index contributed by atoms with van der Waals surface area (Å²) in [5, 5.41) is 11.4. The maximum Gasteiger partial charge on any atom is 0.319 e. The molecule has 0 saturated heterocycles. The van der Waals surface area contributed by atoms with Crippen molar-refractivity contribution in [2.45, 2.75) is 19.9 Å². The van der Waals surface area contributed by atoms with Crippen LogP contribution in [0.5, 0.6) is 0 Å². The van der Waals surface area contributed by atoms with Crippen molar-refractivity contribution < 1.29 is 9.59 Å². The molecule has 1 heterocycles. The highest BCUT2D eigenvalue weighted by Crippen LogP contribution is 2.12. The molecular formula is C21H21ClN4O2S. The molecule has 150 valence electrons. The maximum absolute atomic E-state index is 12.2. The number of carbonyl (C=O) groups is 2. The van der Waals surface area contributed by atoms with Gasteiger partial charge in [0, 0.05) is 22.6 Å². The Balaban J connectivity index is 1.42. The molecule has 0 unspecified atom stereocenters. The lowest BCUT2D eigenvalue weighted by atomic mass is 10.1. The van der Waals surface area contributed by atoms with Gasteiger partial charge in [0.1, 0.15) is 10.7 Å². The standard InChI is InChI=1S/C21H21ClN4O2S/c1-14-5-7-17(8-6-14)25-21(28)24-12-19-26-18(13-29-19)20(27)23-10-9-15-3-2-4-16(22)11-15/h2-8,11,13H,9-10,12H2,1H3,(H,23,27)(H2,24,25,28). The summed E-state index contributed by atoms with van der Waals surface area (Å²) >= 11 is 7.29. The summed E-state index contributed by atoms with van der Waals surface area (Å²) in [6, 6.07) is 14.7. The van der Waals surface area contributed by atoms with Crippen LogP contribution >= 0.6 is 22.9 Å². The highest BCUT2D eigenvalue weighted by atomic mass is 35.5. The number of nitrogens with zero attached hydrogens (tertiary/aromatic N) is 1. The fourth-order valence-corrected chi connectivity index (χ4v) is 3.49. The minimum absolute atomic E-state index is 0.237. The van der Waals surface area contributed by atoms with Crippen LogP contribution in [-0.2, 0) is 13.0 Å². The topological polar surface area (TPSA) is 83.1 Å². The first-order valence-corrected chi connectivity index (χ1v) is 10.3. The number of thiazole rings is 1. The molecule has 0 bridgehead atoms. The third kappa shape index (κ3) is 6.58. The van der Waals surface area contributed by atoms with E-state index in [0.29, 0.717) is 34.4 Å². The smallest absolute Gasteiger partial charge is 0.319 e. The predicted octanol–water partition coefficient (Wildman–Crippen LogP) is 4.40. The first-order valence-electron chi connectivity index (χ1n) is 9.08. The molecule has 1 aromatic heterocycles. The molecule has 0 aliphatic heterocycles. The van der Waals surface area contributed by atoms with E-state index in [4.69, 9.17) is 11.6 Å². The Hall–Kier alpha value is -2.90. The van der Waals surface area contributed by atoms with Gasteiger partial charge in [-0.05, 0) is 43.2 Å². The molecule has 3 amide bonds. The van der Waals surface area contributed by atoms with Crippen LogP contribution in [0.4, 0.5) is 10.5 Å². The maximum atomic E-state index is 12.2. The summed E-state index contributed by atoms with van der Waals surface area (Å²) < 4.78 is 0. The number of urea groups is 1. The van der Waals surface area contributed by atoms with Gasteiger partial charge in [-0.2, -0.15) is 0 Å². The fraction of sp³-hybridized carbons (Fsp3) is 0.190. The second-order valence-corrected chi connectivity index (χ2v) is 7.82. The number of amides is 3. The molecule has 0 spiro atoms. The lowest BCUT2D eigenvalue weighted by Crippen LogP contribution is -2.28. The highest BCUT2D eigenvalue weighted by molar-refractivity contribution is 7.09. The number of benzene rings is 2. The van der Waals surface area contributed by atoms with Crippen LogP contribution in [0.3, 0.4) is 0 Å². The van der Waals surface area contributed by atoms with Crippen molar-refractivity contribution >= 4 is 40.6 Å². The van der Waals surface area contributed by atoms with Crippen molar-refractivity contribution in [2.75, 3.05) is 11.9 Å². The molecule has 0 aliphatic rings. The lowest BCUT2D eigenvalue weighted by molar-refractivity contribution is 0.0949. The predicted molar refractivity (Wildman–Crippen MR) is 117 cm³/mol. The molecule has 0 saturated carbocycles. The monoisotopic (exact) mass is 428 g/mol. The number of nitrogens with one attached hydrogen (secondary N) is 3. The van der Waals surface area contributed by atoms with Crippen LogP contribution in [0.15, 0.2) is 53.9 Å².